The van der Waals surface area contributed by atoms with Crippen LogP contribution in [-0.4, -0.2) is 15.9 Å². The largest absolute Gasteiger partial charge is 0.376 e. The first-order valence-electron chi connectivity index (χ1n) is 6.38. The molecule has 0 amide bonds. The summed E-state index contributed by atoms with van der Waals surface area (Å²) in [7, 11) is 0. The molecule has 0 atom stereocenters. The summed E-state index contributed by atoms with van der Waals surface area (Å²) in [4.78, 5) is 20.5. The number of nitro benzene ring substituents is 2. The molecule has 0 aromatic heterocycles. The smallest absolute Gasteiger partial charge is 0.300 e. The van der Waals surface area contributed by atoms with Gasteiger partial charge in [-0.15, -0.1) is 0 Å². The average Bonchev–Trinajstić information content (AvgIpc) is 2.41. The third kappa shape index (κ3) is 3.16. The zero-order valence-corrected chi connectivity index (χ0v) is 11.4. The maximum Gasteiger partial charge on any atom is 0.300 e. The predicted octanol–water partition coefficient (Wildman–Crippen LogP) is 3.90. The van der Waals surface area contributed by atoms with Crippen LogP contribution in [0.25, 0.3) is 0 Å². The highest BCUT2D eigenvalue weighted by molar-refractivity contribution is 6.34. The third-order valence-corrected chi connectivity index (χ3v) is 3.71. The van der Waals surface area contributed by atoms with Gasteiger partial charge in [-0.2, -0.15) is 0 Å². The normalized spacial score (nSPS) is 15.8. The van der Waals surface area contributed by atoms with E-state index in [9.17, 15) is 20.2 Å². The Kier molecular flexibility index (Phi) is 4.39. The number of halogens is 1. The van der Waals surface area contributed by atoms with Crippen LogP contribution in [0.3, 0.4) is 0 Å². The predicted molar refractivity (Wildman–Crippen MR) is 75.3 cm³/mol. The van der Waals surface area contributed by atoms with Crippen LogP contribution in [-0.2, 0) is 0 Å². The van der Waals surface area contributed by atoms with E-state index in [1.807, 2.05) is 0 Å². The second-order valence-corrected chi connectivity index (χ2v) is 5.22. The fraction of sp³-hybridized carbons (Fsp3) is 0.500. The monoisotopic (exact) mass is 299 g/mol. The molecule has 0 aliphatic heterocycles. The first-order valence-corrected chi connectivity index (χ1v) is 6.75. The molecule has 1 aliphatic carbocycles. The zero-order chi connectivity index (χ0) is 14.7. The molecular formula is C12H14ClN3O4. The van der Waals surface area contributed by atoms with Gasteiger partial charge >= 0.3 is 5.69 Å². The van der Waals surface area contributed by atoms with Gasteiger partial charge in [0.2, 0.25) is 0 Å². The Hall–Kier alpha value is -1.89. The van der Waals surface area contributed by atoms with Crippen molar-refractivity contribution in [2.24, 2.45) is 0 Å². The van der Waals surface area contributed by atoms with E-state index < -0.39 is 9.85 Å². The van der Waals surface area contributed by atoms with Gasteiger partial charge in [0.15, 0.2) is 0 Å². The van der Waals surface area contributed by atoms with E-state index in [-0.39, 0.29) is 28.1 Å². The Morgan fingerprint density at radius 1 is 1.10 bits per heavy atom. The van der Waals surface area contributed by atoms with E-state index in [0.29, 0.717) is 0 Å². The Morgan fingerprint density at radius 2 is 1.75 bits per heavy atom. The van der Waals surface area contributed by atoms with Gasteiger partial charge in [-0.1, -0.05) is 30.9 Å². The fourth-order valence-corrected chi connectivity index (χ4v) is 2.68. The molecule has 7 nitrogen and oxygen atoms in total. The van der Waals surface area contributed by atoms with Crippen molar-refractivity contribution in [1.29, 1.82) is 0 Å². The standard InChI is InChI=1S/C12H14ClN3O4/c13-10-6-9(15(17)18)7-11(16(19)20)12(10)14-8-4-2-1-3-5-8/h6-8,14H,1-5H2. The van der Waals surface area contributed by atoms with Crippen molar-refractivity contribution in [3.63, 3.8) is 0 Å². The van der Waals surface area contributed by atoms with E-state index in [1.54, 1.807) is 0 Å². The molecule has 108 valence electrons. The van der Waals surface area contributed by atoms with Crippen LogP contribution in [0.4, 0.5) is 17.1 Å². The second kappa shape index (κ2) is 6.04. The molecule has 0 radical (unpaired) electrons. The second-order valence-electron chi connectivity index (χ2n) is 4.82. The molecule has 1 aromatic carbocycles. The highest BCUT2D eigenvalue weighted by Crippen LogP contribution is 2.38. The summed E-state index contributed by atoms with van der Waals surface area (Å²) in [5.41, 5.74) is -0.556. The van der Waals surface area contributed by atoms with Gasteiger partial charge in [0.05, 0.1) is 20.9 Å². The molecule has 20 heavy (non-hydrogen) atoms. The Labute approximate surface area is 120 Å². The Balaban J connectivity index is 2.35. The van der Waals surface area contributed by atoms with Gasteiger partial charge in [0, 0.05) is 12.1 Å². The minimum Gasteiger partial charge on any atom is -0.376 e. The lowest BCUT2D eigenvalue weighted by Gasteiger charge is -2.24. The van der Waals surface area contributed by atoms with Crippen molar-refractivity contribution in [3.8, 4) is 0 Å². The Morgan fingerprint density at radius 3 is 2.30 bits per heavy atom. The number of nitrogens with one attached hydrogen (secondary N) is 1. The van der Waals surface area contributed by atoms with Crippen molar-refractivity contribution in [1.82, 2.24) is 0 Å². The molecule has 8 heteroatoms. The summed E-state index contributed by atoms with van der Waals surface area (Å²) in [6, 6.07) is 2.21. The lowest BCUT2D eigenvalue weighted by Crippen LogP contribution is -2.23. The fourth-order valence-electron chi connectivity index (χ4n) is 2.42. The van der Waals surface area contributed by atoms with Gasteiger partial charge in [-0.3, -0.25) is 20.2 Å². The zero-order valence-electron chi connectivity index (χ0n) is 10.7. The molecule has 0 heterocycles. The van der Waals surface area contributed by atoms with Crippen LogP contribution in [0, 0.1) is 20.2 Å². The number of rotatable bonds is 4. The molecule has 0 saturated heterocycles. The van der Waals surface area contributed by atoms with Crippen molar-refractivity contribution < 1.29 is 9.85 Å². The quantitative estimate of drug-likeness (QED) is 0.671. The van der Waals surface area contributed by atoms with E-state index in [4.69, 9.17) is 11.6 Å². The van der Waals surface area contributed by atoms with E-state index in [0.717, 1.165) is 44.2 Å². The number of hydrogen-bond donors (Lipinski definition) is 1. The molecule has 0 bridgehead atoms. The van der Waals surface area contributed by atoms with Crippen molar-refractivity contribution in [2.45, 2.75) is 38.1 Å². The van der Waals surface area contributed by atoms with E-state index in [1.165, 1.54) is 0 Å². The molecule has 1 N–H and O–H groups in total. The summed E-state index contributed by atoms with van der Waals surface area (Å²) in [6.07, 6.45) is 5.13. The first-order chi connectivity index (χ1) is 9.49. The van der Waals surface area contributed by atoms with Crippen molar-refractivity contribution in [3.05, 3.63) is 37.4 Å². The van der Waals surface area contributed by atoms with Gasteiger partial charge in [-0.25, -0.2) is 0 Å². The lowest BCUT2D eigenvalue weighted by atomic mass is 9.95. The van der Waals surface area contributed by atoms with Crippen LogP contribution in [0.1, 0.15) is 32.1 Å². The van der Waals surface area contributed by atoms with Crippen LogP contribution in [0.5, 0.6) is 0 Å². The van der Waals surface area contributed by atoms with Gasteiger partial charge in [0.1, 0.15) is 5.69 Å². The summed E-state index contributed by atoms with van der Waals surface area (Å²) < 4.78 is 0. The number of hydrogen-bond acceptors (Lipinski definition) is 5. The number of anilines is 1. The number of non-ortho nitro benzene ring substituents is 1. The number of benzene rings is 1. The van der Waals surface area contributed by atoms with Gasteiger partial charge in [0.25, 0.3) is 5.69 Å². The minimum atomic E-state index is -0.691. The Bertz CT molecular complexity index is 544. The summed E-state index contributed by atoms with van der Waals surface area (Å²) in [5, 5.41) is 24.9. The summed E-state index contributed by atoms with van der Waals surface area (Å²) in [6.45, 7) is 0. The molecular weight excluding hydrogens is 286 g/mol. The van der Waals surface area contributed by atoms with Crippen molar-refractivity contribution >= 4 is 28.7 Å². The summed E-state index contributed by atoms with van der Waals surface area (Å²) >= 11 is 5.97. The van der Waals surface area contributed by atoms with Crippen LogP contribution in [0.2, 0.25) is 5.02 Å². The van der Waals surface area contributed by atoms with Gasteiger partial charge in [-0.05, 0) is 12.8 Å². The maximum atomic E-state index is 11.1. The molecule has 0 spiro atoms. The van der Waals surface area contributed by atoms with E-state index >= 15 is 0 Å². The minimum absolute atomic E-state index is 0.0106. The number of nitrogens with zero attached hydrogens (tertiary/aromatic N) is 2. The van der Waals surface area contributed by atoms with Gasteiger partial charge < -0.3 is 5.32 Å². The molecule has 0 unspecified atom stereocenters. The molecule has 1 aliphatic rings. The number of nitro groups is 2. The molecule has 1 fully saturated rings. The highest BCUT2D eigenvalue weighted by atomic mass is 35.5. The lowest BCUT2D eigenvalue weighted by molar-refractivity contribution is -0.393. The highest BCUT2D eigenvalue weighted by Gasteiger charge is 2.25. The van der Waals surface area contributed by atoms with Crippen LogP contribution < -0.4 is 5.32 Å². The molecule has 1 aromatic rings. The third-order valence-electron chi connectivity index (χ3n) is 3.42. The van der Waals surface area contributed by atoms with Crippen LogP contribution in [0.15, 0.2) is 12.1 Å². The first kappa shape index (κ1) is 14.5. The maximum absolute atomic E-state index is 11.1. The van der Waals surface area contributed by atoms with Crippen molar-refractivity contribution in [2.75, 3.05) is 5.32 Å². The SMILES string of the molecule is O=[N+]([O-])c1cc(Cl)c(NC2CCCCC2)c([N+](=O)[O-])c1. The topological polar surface area (TPSA) is 98.3 Å². The van der Waals surface area contributed by atoms with E-state index in [2.05, 4.69) is 5.32 Å². The molecule has 2 rings (SSSR count). The van der Waals surface area contributed by atoms with Crippen LogP contribution >= 0.6 is 11.6 Å². The molecule has 1 saturated carbocycles. The average molecular weight is 300 g/mol. The summed E-state index contributed by atoms with van der Waals surface area (Å²) in [5.74, 6) is 0.